The normalized spacial score (nSPS) is 12.0. The lowest BCUT2D eigenvalue weighted by Crippen LogP contribution is -1.94. The van der Waals surface area contributed by atoms with E-state index in [2.05, 4.69) is 49.4 Å². The van der Waals surface area contributed by atoms with Crippen molar-refractivity contribution >= 4 is 16.3 Å². The van der Waals surface area contributed by atoms with Gasteiger partial charge in [-0.25, -0.2) is 0 Å². The van der Waals surface area contributed by atoms with Gasteiger partial charge in [0.05, 0.1) is 0 Å². The zero-order valence-corrected chi connectivity index (χ0v) is 8.90. The van der Waals surface area contributed by atoms with Gasteiger partial charge in [-0.2, -0.15) is 0 Å². The number of nitrogens with two attached hydrogens (primary N) is 1. The van der Waals surface area contributed by atoms with Crippen LogP contribution in [0.2, 0.25) is 0 Å². The molecule has 0 aromatic heterocycles. The molecule has 15 heavy (non-hydrogen) atoms. The van der Waals surface area contributed by atoms with E-state index in [0.29, 0.717) is 6.54 Å². The topological polar surface area (TPSA) is 26.0 Å². The summed E-state index contributed by atoms with van der Waals surface area (Å²) in [6.45, 7) is 2.69. The van der Waals surface area contributed by atoms with Crippen LogP contribution in [0.4, 0.5) is 0 Å². The van der Waals surface area contributed by atoms with Crippen LogP contribution in [0.15, 0.2) is 48.5 Å². The molecule has 0 atom stereocenters. The molecule has 2 N–H and O–H groups in total. The van der Waals surface area contributed by atoms with Gasteiger partial charge in [0, 0.05) is 6.54 Å². The summed E-state index contributed by atoms with van der Waals surface area (Å²) in [5.74, 6) is 0. The molecule has 76 valence electrons. The van der Waals surface area contributed by atoms with Gasteiger partial charge in [0.15, 0.2) is 0 Å². The molecule has 0 heterocycles. The van der Waals surface area contributed by atoms with Crippen LogP contribution in [0.25, 0.3) is 16.3 Å². The molecule has 0 aliphatic carbocycles. The summed E-state index contributed by atoms with van der Waals surface area (Å²) in [6.07, 6.45) is 2.05. The fourth-order valence-corrected chi connectivity index (χ4v) is 1.73. The molecule has 1 heteroatoms. The number of hydrogen-bond acceptors (Lipinski definition) is 1. The van der Waals surface area contributed by atoms with Crippen molar-refractivity contribution < 1.29 is 0 Å². The molecule has 1 nitrogen and oxygen atoms in total. The Morgan fingerprint density at radius 3 is 2.60 bits per heavy atom. The van der Waals surface area contributed by atoms with E-state index in [1.54, 1.807) is 0 Å². The SMILES string of the molecule is CC(=CCN)c1ccc2ccccc2c1. The Hall–Kier alpha value is -1.60. The number of hydrogen-bond donors (Lipinski definition) is 1. The average Bonchev–Trinajstić information content (AvgIpc) is 2.29. The Morgan fingerprint density at radius 1 is 1.13 bits per heavy atom. The Labute approximate surface area is 90.2 Å². The van der Waals surface area contributed by atoms with E-state index in [1.807, 2.05) is 6.08 Å². The zero-order chi connectivity index (χ0) is 10.7. The van der Waals surface area contributed by atoms with Crippen molar-refractivity contribution in [2.45, 2.75) is 6.92 Å². The van der Waals surface area contributed by atoms with Crippen LogP contribution in [0.3, 0.4) is 0 Å². The van der Waals surface area contributed by atoms with Gasteiger partial charge in [0.2, 0.25) is 0 Å². The lowest BCUT2D eigenvalue weighted by Gasteiger charge is -2.03. The Balaban J connectivity index is 2.51. The van der Waals surface area contributed by atoms with Gasteiger partial charge in [-0.05, 0) is 34.9 Å². The molecule has 0 spiro atoms. The van der Waals surface area contributed by atoms with E-state index >= 15 is 0 Å². The molecular weight excluding hydrogens is 182 g/mol. The number of allylic oxidation sites excluding steroid dienone is 1. The summed E-state index contributed by atoms with van der Waals surface area (Å²) >= 11 is 0. The molecule has 0 aliphatic heterocycles. The summed E-state index contributed by atoms with van der Waals surface area (Å²) in [5.41, 5.74) is 7.99. The molecule has 0 saturated carbocycles. The highest BCUT2D eigenvalue weighted by Gasteiger charge is 1.97. The second kappa shape index (κ2) is 4.28. The quantitative estimate of drug-likeness (QED) is 0.786. The predicted octanol–water partition coefficient (Wildman–Crippen LogP) is 3.20. The smallest absolute Gasteiger partial charge is 0.0112 e. The van der Waals surface area contributed by atoms with Crippen molar-refractivity contribution in [3.63, 3.8) is 0 Å². The Morgan fingerprint density at radius 2 is 1.87 bits per heavy atom. The first-order valence-corrected chi connectivity index (χ1v) is 5.17. The average molecular weight is 197 g/mol. The highest BCUT2D eigenvalue weighted by Crippen LogP contribution is 2.20. The molecular formula is C14H15N. The van der Waals surface area contributed by atoms with Crippen LogP contribution < -0.4 is 5.73 Å². The predicted molar refractivity (Wildman–Crippen MR) is 66.7 cm³/mol. The minimum atomic E-state index is 0.596. The van der Waals surface area contributed by atoms with Gasteiger partial charge in [-0.3, -0.25) is 0 Å². The minimum Gasteiger partial charge on any atom is -0.327 e. The van der Waals surface area contributed by atoms with Gasteiger partial charge >= 0.3 is 0 Å². The fourth-order valence-electron chi connectivity index (χ4n) is 1.73. The monoisotopic (exact) mass is 197 g/mol. The van der Waals surface area contributed by atoms with Crippen LogP contribution in [-0.4, -0.2) is 6.54 Å². The maximum atomic E-state index is 5.50. The van der Waals surface area contributed by atoms with Crippen molar-refractivity contribution in [2.24, 2.45) is 5.73 Å². The highest BCUT2D eigenvalue weighted by molar-refractivity contribution is 5.86. The maximum absolute atomic E-state index is 5.50. The number of fused-ring (bicyclic) bond motifs is 1. The minimum absolute atomic E-state index is 0.596. The second-order valence-electron chi connectivity index (χ2n) is 3.68. The summed E-state index contributed by atoms with van der Waals surface area (Å²) < 4.78 is 0. The van der Waals surface area contributed by atoms with Crippen LogP contribution in [-0.2, 0) is 0 Å². The van der Waals surface area contributed by atoms with E-state index in [9.17, 15) is 0 Å². The lowest BCUT2D eigenvalue weighted by atomic mass is 10.0. The molecule has 2 aromatic rings. The first kappa shape index (κ1) is 9.94. The third kappa shape index (κ3) is 2.08. The molecule has 2 rings (SSSR count). The van der Waals surface area contributed by atoms with Crippen molar-refractivity contribution in [1.29, 1.82) is 0 Å². The zero-order valence-electron chi connectivity index (χ0n) is 8.90. The van der Waals surface area contributed by atoms with Crippen LogP contribution in [0.5, 0.6) is 0 Å². The first-order valence-electron chi connectivity index (χ1n) is 5.17. The van der Waals surface area contributed by atoms with Crippen molar-refractivity contribution in [3.05, 3.63) is 54.1 Å². The maximum Gasteiger partial charge on any atom is 0.0112 e. The first-order chi connectivity index (χ1) is 7.31. The van der Waals surface area contributed by atoms with E-state index in [0.717, 1.165) is 0 Å². The highest BCUT2D eigenvalue weighted by atomic mass is 14.5. The summed E-state index contributed by atoms with van der Waals surface area (Å²) in [5, 5.41) is 2.56. The van der Waals surface area contributed by atoms with E-state index in [1.165, 1.54) is 21.9 Å². The molecule has 0 aliphatic rings. The lowest BCUT2D eigenvalue weighted by molar-refractivity contribution is 1.25. The number of rotatable bonds is 2. The Kier molecular flexibility index (Phi) is 2.84. The van der Waals surface area contributed by atoms with Crippen molar-refractivity contribution in [1.82, 2.24) is 0 Å². The number of benzene rings is 2. The summed E-state index contributed by atoms with van der Waals surface area (Å²) in [4.78, 5) is 0. The molecule has 0 saturated heterocycles. The van der Waals surface area contributed by atoms with Crippen LogP contribution in [0.1, 0.15) is 12.5 Å². The molecule has 0 fully saturated rings. The van der Waals surface area contributed by atoms with E-state index in [-0.39, 0.29) is 0 Å². The third-order valence-corrected chi connectivity index (χ3v) is 2.63. The van der Waals surface area contributed by atoms with Gasteiger partial charge < -0.3 is 5.73 Å². The van der Waals surface area contributed by atoms with Crippen molar-refractivity contribution in [2.75, 3.05) is 6.54 Å². The van der Waals surface area contributed by atoms with Crippen LogP contribution in [0, 0.1) is 0 Å². The molecule has 0 radical (unpaired) electrons. The van der Waals surface area contributed by atoms with Gasteiger partial charge in [-0.15, -0.1) is 0 Å². The van der Waals surface area contributed by atoms with Gasteiger partial charge in [-0.1, -0.05) is 42.5 Å². The van der Waals surface area contributed by atoms with E-state index < -0.39 is 0 Å². The van der Waals surface area contributed by atoms with E-state index in [4.69, 9.17) is 5.73 Å². The summed E-state index contributed by atoms with van der Waals surface area (Å²) in [6, 6.07) is 14.9. The standard InChI is InChI=1S/C14H15N/c1-11(8-9-15)13-7-6-12-4-2-3-5-14(12)10-13/h2-8,10H,9,15H2,1H3. The van der Waals surface area contributed by atoms with Crippen LogP contribution >= 0.6 is 0 Å². The Bertz CT molecular complexity index is 497. The largest absolute Gasteiger partial charge is 0.327 e. The van der Waals surface area contributed by atoms with Gasteiger partial charge in [0.25, 0.3) is 0 Å². The molecule has 2 aromatic carbocycles. The van der Waals surface area contributed by atoms with Gasteiger partial charge in [0.1, 0.15) is 0 Å². The van der Waals surface area contributed by atoms with Crippen molar-refractivity contribution in [3.8, 4) is 0 Å². The molecule has 0 bridgehead atoms. The molecule has 0 amide bonds. The third-order valence-electron chi connectivity index (χ3n) is 2.63. The fraction of sp³-hybridized carbons (Fsp3) is 0.143. The molecule has 0 unspecified atom stereocenters. The second-order valence-corrected chi connectivity index (χ2v) is 3.68. The summed E-state index contributed by atoms with van der Waals surface area (Å²) in [7, 11) is 0.